The predicted octanol–water partition coefficient (Wildman–Crippen LogP) is 11.0. The molecule has 0 bridgehead atoms. The zero-order chi connectivity index (χ0) is 25.4. The van der Waals surface area contributed by atoms with Crippen molar-refractivity contribution in [3.8, 4) is 27.9 Å². The Kier molecular flexibility index (Phi) is 11.6. The predicted molar refractivity (Wildman–Crippen MR) is 175 cm³/mol. The normalized spacial score (nSPS) is 10.0. The van der Waals surface area contributed by atoms with E-state index < -0.39 is 0 Å². The standard InChI is InChI=1S/C34H28N3.3CH3.Zr/c1-23-18-24(2)33(25(3)19-23)35-32-15-14-28-16-17-37(34(28)36-32)31-21-29(26-10-6-4-7-11-26)20-30(22-31)27-12-8-5-9-13-27;;;;/h4-22H,1-3H3;3*1H3;/q4*-1;+3. The van der Waals surface area contributed by atoms with Crippen LogP contribution in [0.4, 0.5) is 11.5 Å². The van der Waals surface area contributed by atoms with Gasteiger partial charge in [-0.1, -0.05) is 96.3 Å². The number of pyridine rings is 1. The topological polar surface area (TPSA) is 31.9 Å². The maximum absolute atomic E-state index is 5.01. The largest absolute Gasteiger partial charge is 3.00 e. The van der Waals surface area contributed by atoms with Crippen LogP contribution in [0.5, 0.6) is 0 Å². The van der Waals surface area contributed by atoms with Crippen LogP contribution in [0.1, 0.15) is 16.7 Å². The van der Waals surface area contributed by atoms with Gasteiger partial charge in [0, 0.05) is 17.5 Å². The van der Waals surface area contributed by atoms with Crippen molar-refractivity contribution < 1.29 is 26.2 Å². The molecular weight excluding hydrogens is 578 g/mol. The van der Waals surface area contributed by atoms with Crippen molar-refractivity contribution in [2.45, 2.75) is 20.8 Å². The molecule has 205 valence electrons. The molecule has 0 saturated heterocycles. The summed E-state index contributed by atoms with van der Waals surface area (Å²) in [6, 6.07) is 38.4. The van der Waals surface area contributed by atoms with Crippen molar-refractivity contribution >= 4 is 22.5 Å². The van der Waals surface area contributed by atoms with Crippen molar-refractivity contribution in [3.63, 3.8) is 0 Å². The summed E-state index contributed by atoms with van der Waals surface area (Å²) in [4.78, 5) is 5.01. The Morgan fingerprint density at radius 1 is 0.585 bits per heavy atom. The van der Waals surface area contributed by atoms with E-state index in [2.05, 4.69) is 135 Å². The molecule has 0 atom stereocenters. The van der Waals surface area contributed by atoms with Gasteiger partial charge in [-0.25, -0.2) is 0 Å². The zero-order valence-corrected chi connectivity index (χ0v) is 27.3. The van der Waals surface area contributed by atoms with E-state index >= 15 is 0 Å². The fourth-order valence-corrected chi connectivity index (χ4v) is 5.08. The van der Waals surface area contributed by atoms with Crippen molar-refractivity contribution in [2.75, 3.05) is 0 Å². The molecule has 41 heavy (non-hydrogen) atoms. The van der Waals surface area contributed by atoms with Crippen LogP contribution in [0, 0.1) is 43.1 Å². The number of aryl methyl sites for hydroxylation is 3. The van der Waals surface area contributed by atoms with E-state index in [-0.39, 0.29) is 48.5 Å². The fraction of sp³-hybridized carbons (Fsp3) is 0.0811. The molecule has 0 spiro atoms. The summed E-state index contributed by atoms with van der Waals surface area (Å²) in [6.45, 7) is 6.34. The third-order valence-corrected chi connectivity index (χ3v) is 6.79. The third kappa shape index (κ3) is 6.95. The van der Waals surface area contributed by atoms with E-state index in [9.17, 15) is 0 Å². The van der Waals surface area contributed by atoms with Gasteiger partial charge in [0.05, 0.1) is 0 Å². The molecule has 3 nitrogen and oxygen atoms in total. The Morgan fingerprint density at radius 3 is 1.66 bits per heavy atom. The minimum absolute atomic E-state index is 0. The second kappa shape index (κ2) is 14.2. The summed E-state index contributed by atoms with van der Waals surface area (Å²) in [5.74, 6) is 0.713. The Morgan fingerprint density at radius 2 is 1.12 bits per heavy atom. The molecule has 1 radical (unpaired) electrons. The summed E-state index contributed by atoms with van der Waals surface area (Å²) in [6.07, 6.45) is 2.10. The molecule has 6 aromatic rings. The first-order valence-electron chi connectivity index (χ1n) is 12.6. The van der Waals surface area contributed by atoms with Crippen LogP contribution in [-0.2, 0) is 26.2 Å². The molecule has 0 N–H and O–H groups in total. The van der Waals surface area contributed by atoms with Gasteiger partial charge < -0.3 is 37.1 Å². The summed E-state index contributed by atoms with van der Waals surface area (Å²) in [5.41, 5.74) is 11.3. The van der Waals surface area contributed by atoms with E-state index in [4.69, 9.17) is 10.3 Å². The Labute approximate surface area is 265 Å². The maximum atomic E-state index is 5.01. The Bertz CT molecular complexity index is 1640. The minimum Gasteiger partial charge on any atom is -0.436 e. The molecule has 4 aromatic carbocycles. The molecule has 2 heterocycles. The van der Waals surface area contributed by atoms with E-state index in [1.165, 1.54) is 27.8 Å². The molecule has 0 unspecified atom stereocenters. The van der Waals surface area contributed by atoms with Crippen LogP contribution < -0.4 is 0 Å². The number of hydrogen-bond acceptors (Lipinski definition) is 1. The summed E-state index contributed by atoms with van der Waals surface area (Å²) in [5, 5.41) is 6.04. The van der Waals surface area contributed by atoms with Gasteiger partial charge >= 0.3 is 26.2 Å². The second-order valence-electron chi connectivity index (χ2n) is 9.63. The van der Waals surface area contributed by atoms with Gasteiger partial charge in [0.15, 0.2) is 0 Å². The summed E-state index contributed by atoms with van der Waals surface area (Å²) < 4.78 is 2.17. The first kappa shape index (κ1) is 33.5. The fourth-order valence-electron chi connectivity index (χ4n) is 5.08. The van der Waals surface area contributed by atoms with Crippen LogP contribution >= 0.6 is 0 Å². The monoisotopic (exact) mass is 613 g/mol. The zero-order valence-electron chi connectivity index (χ0n) is 24.8. The third-order valence-electron chi connectivity index (χ3n) is 6.79. The van der Waals surface area contributed by atoms with Crippen LogP contribution in [-0.4, -0.2) is 9.55 Å². The van der Waals surface area contributed by atoms with E-state index in [1.807, 2.05) is 6.07 Å². The smallest absolute Gasteiger partial charge is 0.436 e. The van der Waals surface area contributed by atoms with Gasteiger partial charge in [0.2, 0.25) is 0 Å². The molecule has 0 amide bonds. The minimum atomic E-state index is 0. The van der Waals surface area contributed by atoms with Crippen molar-refractivity contribution in [3.05, 3.63) is 160 Å². The molecule has 4 heteroatoms. The van der Waals surface area contributed by atoms with E-state index in [0.717, 1.165) is 33.5 Å². The van der Waals surface area contributed by atoms with Crippen molar-refractivity contribution in [2.24, 2.45) is 0 Å². The van der Waals surface area contributed by atoms with Gasteiger partial charge in [-0.2, -0.15) is 0 Å². The van der Waals surface area contributed by atoms with Crippen LogP contribution in [0.15, 0.2) is 115 Å². The molecule has 0 aliphatic rings. The number of nitrogens with zero attached hydrogens (tertiary/aromatic N) is 3. The van der Waals surface area contributed by atoms with Gasteiger partial charge in [-0.3, -0.25) is 0 Å². The molecule has 0 aliphatic carbocycles. The summed E-state index contributed by atoms with van der Waals surface area (Å²) >= 11 is 0. The molecular formula is C37H37N3Zr-. The van der Waals surface area contributed by atoms with Crippen molar-refractivity contribution in [1.82, 2.24) is 9.55 Å². The van der Waals surface area contributed by atoms with E-state index in [1.54, 1.807) is 0 Å². The van der Waals surface area contributed by atoms with Crippen molar-refractivity contribution in [1.29, 1.82) is 0 Å². The molecule has 0 saturated carbocycles. The summed E-state index contributed by atoms with van der Waals surface area (Å²) in [7, 11) is 0. The van der Waals surface area contributed by atoms with Crippen LogP contribution in [0.2, 0.25) is 0 Å². The quantitative estimate of drug-likeness (QED) is 0.178. The Balaban J connectivity index is 0.00000147. The first-order valence-corrected chi connectivity index (χ1v) is 12.6. The molecule has 0 aliphatic heterocycles. The number of fused-ring (bicyclic) bond motifs is 1. The van der Waals surface area contributed by atoms with Gasteiger partial charge in [-0.05, 0) is 89.5 Å². The van der Waals surface area contributed by atoms with Gasteiger partial charge in [-0.15, -0.1) is 0 Å². The maximum Gasteiger partial charge on any atom is 3.00 e. The Hall–Kier alpha value is -3.75. The molecule has 6 rings (SSSR count). The van der Waals surface area contributed by atoms with Crippen LogP contribution in [0.3, 0.4) is 0 Å². The number of rotatable bonds is 5. The van der Waals surface area contributed by atoms with Crippen LogP contribution in [0.25, 0.3) is 44.3 Å². The number of benzene rings is 4. The average molecular weight is 615 g/mol. The SMILES string of the molecule is Cc1cc(C)c([N-]c2ccc3ccn(-c4cc(-c5ccccc5)cc(-c5ccccc5)c4)c3n2)c(C)c1.[CH3-].[CH3-].[CH3-].[Zr+3]. The number of aromatic nitrogens is 2. The van der Waals surface area contributed by atoms with Gasteiger partial charge in [0.1, 0.15) is 0 Å². The van der Waals surface area contributed by atoms with Gasteiger partial charge in [0.25, 0.3) is 0 Å². The molecule has 2 aromatic heterocycles. The second-order valence-corrected chi connectivity index (χ2v) is 9.63. The molecule has 0 fully saturated rings. The average Bonchev–Trinajstić information content (AvgIpc) is 3.35. The number of hydrogen-bond donors (Lipinski definition) is 0. The first-order chi connectivity index (χ1) is 18.0. The van der Waals surface area contributed by atoms with E-state index in [0.29, 0.717) is 5.82 Å².